The molecule has 3 aromatic carbocycles. The van der Waals surface area contributed by atoms with Crippen LogP contribution in [0, 0.1) is 5.92 Å². The number of amides is 1. The van der Waals surface area contributed by atoms with Crippen LogP contribution in [-0.2, 0) is 9.59 Å². The van der Waals surface area contributed by atoms with Crippen LogP contribution in [0.3, 0.4) is 0 Å². The summed E-state index contributed by atoms with van der Waals surface area (Å²) in [5.74, 6) is -0.937. The lowest BCUT2D eigenvalue weighted by Gasteiger charge is -2.36. The molecule has 0 spiro atoms. The SMILES string of the molecule is COc1ccccc1NC(=O)C1C(C)=NC2=C(C(=O)CC(c3ccc(OC)c(OC)c3)C2)C1c1coc2ccccc2c1=O. The topological polar surface area (TPSA) is 116 Å². The zero-order valence-corrected chi connectivity index (χ0v) is 24.9. The van der Waals surface area contributed by atoms with Crippen molar-refractivity contribution in [2.45, 2.75) is 31.6 Å². The third-order valence-corrected chi connectivity index (χ3v) is 8.46. The quantitative estimate of drug-likeness (QED) is 0.278. The van der Waals surface area contributed by atoms with Crippen LogP contribution in [0.15, 0.2) is 98.5 Å². The van der Waals surface area contributed by atoms with E-state index in [0.717, 1.165) is 5.56 Å². The summed E-state index contributed by atoms with van der Waals surface area (Å²) in [6, 6.07) is 19.6. The van der Waals surface area contributed by atoms with E-state index in [9.17, 15) is 14.4 Å². The standard InChI is InChI=1S/C35H32N2O7/c1-19-31(35(40)37-24-10-6-8-12-28(24)41-2)32(23-18-44-27-11-7-5-9-22(27)34(23)39)33-25(36-19)15-21(16-26(33)38)20-13-14-29(42-3)30(17-20)43-4/h5-14,17-18,21,31-32H,15-16H2,1-4H3,(H,37,40). The first kappa shape index (κ1) is 28.9. The molecular formula is C35H32N2O7. The van der Waals surface area contributed by atoms with Crippen molar-refractivity contribution in [3.63, 3.8) is 0 Å². The minimum Gasteiger partial charge on any atom is -0.495 e. The van der Waals surface area contributed by atoms with Gasteiger partial charge in [-0.15, -0.1) is 0 Å². The van der Waals surface area contributed by atoms with Gasteiger partial charge in [-0.05, 0) is 61.2 Å². The van der Waals surface area contributed by atoms with Crippen LogP contribution >= 0.6 is 0 Å². The van der Waals surface area contributed by atoms with Crippen LogP contribution < -0.4 is 25.0 Å². The zero-order chi connectivity index (χ0) is 31.0. The van der Waals surface area contributed by atoms with Gasteiger partial charge in [-0.3, -0.25) is 19.4 Å². The van der Waals surface area contributed by atoms with Gasteiger partial charge in [0.15, 0.2) is 22.7 Å². The van der Waals surface area contributed by atoms with Crippen LogP contribution in [0.2, 0.25) is 0 Å². The average molecular weight is 593 g/mol. The summed E-state index contributed by atoms with van der Waals surface area (Å²) < 4.78 is 22.2. The lowest BCUT2D eigenvalue weighted by molar-refractivity contribution is -0.119. The molecule has 6 rings (SSSR count). The molecule has 1 amide bonds. The fourth-order valence-electron chi connectivity index (χ4n) is 6.34. The van der Waals surface area contributed by atoms with Gasteiger partial charge >= 0.3 is 0 Å². The monoisotopic (exact) mass is 592 g/mol. The van der Waals surface area contributed by atoms with Gasteiger partial charge in [0.05, 0.1) is 44.6 Å². The molecule has 0 fully saturated rings. The number of methoxy groups -OCH3 is 3. The van der Waals surface area contributed by atoms with Crippen molar-refractivity contribution < 1.29 is 28.2 Å². The third kappa shape index (κ3) is 5.04. The Morgan fingerprint density at radius 1 is 0.886 bits per heavy atom. The van der Waals surface area contributed by atoms with Crippen molar-refractivity contribution in [3.05, 3.63) is 106 Å². The Morgan fingerprint density at radius 3 is 2.39 bits per heavy atom. The average Bonchev–Trinajstić information content (AvgIpc) is 3.04. The first-order valence-electron chi connectivity index (χ1n) is 14.3. The summed E-state index contributed by atoms with van der Waals surface area (Å²) in [6.45, 7) is 1.76. The minimum absolute atomic E-state index is 0.171. The number of carbonyl (C=O) groups is 2. The van der Waals surface area contributed by atoms with E-state index in [-0.39, 0.29) is 29.1 Å². The molecule has 1 aromatic heterocycles. The second-order valence-corrected chi connectivity index (χ2v) is 10.9. The number of hydrogen-bond donors (Lipinski definition) is 1. The Kier molecular flexibility index (Phi) is 7.78. The Bertz CT molecular complexity index is 1900. The van der Waals surface area contributed by atoms with Crippen LogP contribution in [0.4, 0.5) is 5.69 Å². The van der Waals surface area contributed by atoms with Gasteiger partial charge in [0, 0.05) is 34.9 Å². The van der Waals surface area contributed by atoms with Crippen molar-refractivity contribution in [2.24, 2.45) is 10.9 Å². The molecule has 1 aliphatic carbocycles. The smallest absolute Gasteiger partial charge is 0.234 e. The predicted molar refractivity (Wildman–Crippen MR) is 167 cm³/mol. The number of ketones is 1. The van der Waals surface area contributed by atoms with E-state index in [1.165, 1.54) is 13.4 Å². The van der Waals surface area contributed by atoms with E-state index in [0.29, 0.717) is 57.3 Å². The number of rotatable bonds is 7. The fourth-order valence-corrected chi connectivity index (χ4v) is 6.34. The van der Waals surface area contributed by atoms with Gasteiger partial charge in [-0.25, -0.2) is 0 Å². The molecule has 3 unspecified atom stereocenters. The molecule has 9 heteroatoms. The molecule has 0 saturated carbocycles. The van der Waals surface area contributed by atoms with E-state index >= 15 is 0 Å². The number of carbonyl (C=O) groups excluding carboxylic acids is 2. The largest absolute Gasteiger partial charge is 0.495 e. The zero-order valence-electron chi connectivity index (χ0n) is 24.9. The van der Waals surface area contributed by atoms with Gasteiger partial charge in [0.25, 0.3) is 0 Å². The molecule has 0 saturated heterocycles. The van der Waals surface area contributed by atoms with E-state index in [1.54, 1.807) is 69.7 Å². The lowest BCUT2D eigenvalue weighted by atomic mass is 9.69. The summed E-state index contributed by atoms with van der Waals surface area (Å²) in [5, 5.41) is 3.33. The highest BCUT2D eigenvalue weighted by atomic mass is 16.5. The van der Waals surface area contributed by atoms with E-state index in [4.69, 9.17) is 23.6 Å². The minimum atomic E-state index is -0.940. The number of para-hydroxylation sites is 3. The Morgan fingerprint density at radius 2 is 1.61 bits per heavy atom. The highest BCUT2D eigenvalue weighted by Crippen LogP contribution is 2.47. The van der Waals surface area contributed by atoms with Crippen LogP contribution in [-0.4, -0.2) is 38.7 Å². The Balaban J connectivity index is 1.46. The maximum atomic E-state index is 14.1. The summed E-state index contributed by atoms with van der Waals surface area (Å²) >= 11 is 0. The number of ether oxygens (including phenoxy) is 3. The molecule has 0 radical (unpaired) electrons. The van der Waals surface area contributed by atoms with Gasteiger partial charge in [-0.1, -0.05) is 30.3 Å². The second kappa shape index (κ2) is 11.8. The van der Waals surface area contributed by atoms with Crippen LogP contribution in [0.5, 0.6) is 17.2 Å². The third-order valence-electron chi connectivity index (χ3n) is 8.46. The molecule has 4 aromatic rings. The number of Topliss-reactive ketones (excluding diaryl/α,β-unsaturated/α-hetero) is 1. The molecule has 44 heavy (non-hydrogen) atoms. The first-order chi connectivity index (χ1) is 21.3. The van der Waals surface area contributed by atoms with Gasteiger partial charge in [-0.2, -0.15) is 0 Å². The van der Waals surface area contributed by atoms with E-state index < -0.39 is 17.7 Å². The number of nitrogens with zero attached hydrogens (tertiary/aromatic N) is 1. The Hall–Kier alpha value is -5.18. The van der Waals surface area contributed by atoms with Gasteiger partial charge in [0.1, 0.15) is 11.3 Å². The Labute approximate surface area is 254 Å². The van der Waals surface area contributed by atoms with E-state index in [2.05, 4.69) is 5.32 Å². The molecular weight excluding hydrogens is 560 g/mol. The number of benzene rings is 3. The number of aliphatic imine (C=N–C) groups is 1. The van der Waals surface area contributed by atoms with Gasteiger partial charge < -0.3 is 23.9 Å². The van der Waals surface area contributed by atoms with Crippen molar-refractivity contribution >= 4 is 34.1 Å². The van der Waals surface area contributed by atoms with Crippen molar-refractivity contribution in [2.75, 3.05) is 26.6 Å². The van der Waals surface area contributed by atoms with Crippen molar-refractivity contribution in [3.8, 4) is 17.2 Å². The maximum absolute atomic E-state index is 14.1. The first-order valence-corrected chi connectivity index (χ1v) is 14.3. The molecule has 0 bridgehead atoms. The number of anilines is 1. The van der Waals surface area contributed by atoms with E-state index in [1.807, 2.05) is 18.2 Å². The number of nitrogens with one attached hydrogen (secondary N) is 1. The lowest BCUT2D eigenvalue weighted by Crippen LogP contribution is -2.41. The van der Waals surface area contributed by atoms with Gasteiger partial charge in [0.2, 0.25) is 5.91 Å². The van der Waals surface area contributed by atoms with Crippen molar-refractivity contribution in [1.29, 1.82) is 0 Å². The van der Waals surface area contributed by atoms with Crippen molar-refractivity contribution in [1.82, 2.24) is 0 Å². The summed E-state index contributed by atoms with van der Waals surface area (Å²) in [4.78, 5) is 47.0. The number of fused-ring (bicyclic) bond motifs is 1. The summed E-state index contributed by atoms with van der Waals surface area (Å²) in [7, 11) is 4.66. The number of hydrogen-bond acceptors (Lipinski definition) is 8. The van der Waals surface area contributed by atoms with Crippen LogP contribution in [0.1, 0.15) is 42.7 Å². The number of allylic oxidation sites excluding steroid dienone is 2. The summed E-state index contributed by atoms with van der Waals surface area (Å²) in [6.07, 6.45) is 2.01. The highest BCUT2D eigenvalue weighted by Gasteiger charge is 2.45. The molecule has 1 aliphatic heterocycles. The molecule has 2 aliphatic rings. The highest BCUT2D eigenvalue weighted by molar-refractivity contribution is 6.13. The molecule has 224 valence electrons. The second-order valence-electron chi connectivity index (χ2n) is 10.9. The summed E-state index contributed by atoms with van der Waals surface area (Å²) in [5.41, 5.74) is 3.19. The molecule has 1 N–H and O–H groups in total. The maximum Gasteiger partial charge on any atom is 0.234 e. The van der Waals surface area contributed by atoms with Crippen LogP contribution in [0.25, 0.3) is 11.0 Å². The fraction of sp³-hybridized carbons (Fsp3) is 0.257. The predicted octanol–water partition coefficient (Wildman–Crippen LogP) is 6.03. The normalized spacial score (nSPS) is 19.7. The molecule has 2 heterocycles. The molecule has 9 nitrogen and oxygen atoms in total. The molecule has 3 atom stereocenters.